The van der Waals surface area contributed by atoms with E-state index >= 15 is 0 Å². The maximum absolute atomic E-state index is 14.2. The van der Waals surface area contributed by atoms with Crippen LogP contribution in [0.1, 0.15) is 26.2 Å². The molecule has 5 rings (SSSR count). The van der Waals surface area contributed by atoms with Crippen molar-refractivity contribution in [3.05, 3.63) is 53.6 Å². The Kier molecular flexibility index (Phi) is 7.21. The highest BCUT2D eigenvalue weighted by atomic mass is 35.5. The van der Waals surface area contributed by atoms with Crippen molar-refractivity contribution in [2.24, 2.45) is 11.8 Å². The fourth-order valence-electron chi connectivity index (χ4n) is 6.15. The third kappa shape index (κ3) is 4.07. The van der Waals surface area contributed by atoms with Gasteiger partial charge < -0.3 is 19.8 Å². The predicted molar refractivity (Wildman–Crippen MR) is 142 cm³/mol. The standard InChI is InChI=1S/C27H32ClN3O4S/c1-2-13-29-14-5-7-20-21(24(29)33)22-25(34)31(15-3-4-17-32)23-26(35)30(16-6-12-27(22,23)36-20)19-10-8-18(28)9-11-19/h5-12,20-23,32H,2-4,13-17H2,1H3/t20-,21+,22+,23?,27+/m1/s1. The number of rotatable bonds is 7. The van der Waals surface area contributed by atoms with Crippen LogP contribution in [0.3, 0.4) is 0 Å². The summed E-state index contributed by atoms with van der Waals surface area (Å²) in [7, 11) is 0. The summed E-state index contributed by atoms with van der Waals surface area (Å²) in [5, 5.41) is 9.77. The molecular weight excluding hydrogens is 498 g/mol. The van der Waals surface area contributed by atoms with Crippen LogP contribution in [-0.4, -0.2) is 81.5 Å². The lowest BCUT2D eigenvalue weighted by Crippen LogP contribution is -2.53. The Balaban J connectivity index is 1.57. The summed E-state index contributed by atoms with van der Waals surface area (Å²) in [5.41, 5.74) is 0.722. The summed E-state index contributed by atoms with van der Waals surface area (Å²) in [6, 6.07) is 6.42. The molecule has 1 unspecified atom stereocenters. The molecule has 3 amide bonds. The molecule has 0 saturated carbocycles. The van der Waals surface area contributed by atoms with Crippen molar-refractivity contribution in [3.8, 4) is 0 Å². The van der Waals surface area contributed by atoms with Gasteiger partial charge in [-0.05, 0) is 43.5 Å². The number of hydrogen-bond acceptors (Lipinski definition) is 5. The molecule has 192 valence electrons. The maximum Gasteiger partial charge on any atom is 0.251 e. The SMILES string of the molecule is CCCN1CC=C[C@H]2S[C@]34C=CCN(c5ccc(Cl)cc5)C(=O)C3N(CCCCO)C(=O)[C@@H]4[C@H]2C1=O. The van der Waals surface area contributed by atoms with Crippen LogP contribution < -0.4 is 4.90 Å². The number of likely N-dealkylation sites (tertiary alicyclic amines) is 1. The van der Waals surface area contributed by atoms with Crippen molar-refractivity contribution < 1.29 is 19.5 Å². The van der Waals surface area contributed by atoms with Crippen LogP contribution in [0.2, 0.25) is 5.02 Å². The third-order valence-corrected chi connectivity index (χ3v) is 9.68. The Labute approximate surface area is 221 Å². The number of anilines is 1. The van der Waals surface area contributed by atoms with Gasteiger partial charge in [0.15, 0.2) is 0 Å². The summed E-state index contributed by atoms with van der Waals surface area (Å²) in [6.07, 6.45) is 10.1. The van der Waals surface area contributed by atoms with Gasteiger partial charge in [0.1, 0.15) is 6.04 Å². The van der Waals surface area contributed by atoms with Crippen molar-refractivity contribution in [2.45, 2.75) is 42.2 Å². The van der Waals surface area contributed by atoms with Crippen molar-refractivity contribution in [3.63, 3.8) is 0 Å². The van der Waals surface area contributed by atoms with E-state index in [2.05, 4.69) is 6.08 Å². The zero-order valence-corrected chi connectivity index (χ0v) is 22.0. The Bertz CT molecular complexity index is 1090. The molecule has 4 aliphatic heterocycles. The highest BCUT2D eigenvalue weighted by molar-refractivity contribution is 8.02. The molecule has 2 saturated heterocycles. The molecular formula is C27H32ClN3O4S. The van der Waals surface area contributed by atoms with E-state index in [-0.39, 0.29) is 29.6 Å². The average molecular weight is 530 g/mol. The number of fused-ring (bicyclic) bond motifs is 2. The average Bonchev–Trinajstić information content (AvgIpc) is 3.18. The number of unbranched alkanes of at least 4 members (excludes halogenated alkanes) is 1. The van der Waals surface area contributed by atoms with Crippen LogP contribution in [0.25, 0.3) is 0 Å². The van der Waals surface area contributed by atoms with E-state index in [9.17, 15) is 19.5 Å². The van der Waals surface area contributed by atoms with E-state index in [1.807, 2.05) is 42.2 Å². The summed E-state index contributed by atoms with van der Waals surface area (Å²) in [6.45, 7) is 4.02. The van der Waals surface area contributed by atoms with E-state index in [1.165, 1.54) is 0 Å². The molecule has 2 fully saturated rings. The quantitative estimate of drug-likeness (QED) is 0.433. The number of benzene rings is 1. The second-order valence-corrected chi connectivity index (χ2v) is 11.8. The number of hydrogen-bond donors (Lipinski definition) is 1. The van der Waals surface area contributed by atoms with Gasteiger partial charge >= 0.3 is 0 Å². The lowest BCUT2D eigenvalue weighted by Gasteiger charge is -2.35. The Morgan fingerprint density at radius 1 is 1.03 bits per heavy atom. The monoisotopic (exact) mass is 529 g/mol. The molecule has 1 N–H and O–H groups in total. The Morgan fingerprint density at radius 3 is 2.53 bits per heavy atom. The van der Waals surface area contributed by atoms with Crippen molar-refractivity contribution in [2.75, 3.05) is 37.7 Å². The van der Waals surface area contributed by atoms with Crippen molar-refractivity contribution >= 4 is 46.8 Å². The third-order valence-electron chi connectivity index (χ3n) is 7.68. The summed E-state index contributed by atoms with van der Waals surface area (Å²) in [4.78, 5) is 47.4. The van der Waals surface area contributed by atoms with Crippen LogP contribution in [-0.2, 0) is 14.4 Å². The molecule has 1 aromatic carbocycles. The molecule has 0 aliphatic carbocycles. The normalized spacial score (nSPS) is 31.4. The predicted octanol–water partition coefficient (Wildman–Crippen LogP) is 3.12. The number of amides is 3. The highest BCUT2D eigenvalue weighted by Crippen LogP contribution is 2.61. The van der Waals surface area contributed by atoms with Crippen molar-refractivity contribution in [1.82, 2.24) is 9.80 Å². The number of aliphatic hydroxyl groups is 1. The molecule has 36 heavy (non-hydrogen) atoms. The minimum atomic E-state index is -0.820. The van der Waals surface area contributed by atoms with Crippen LogP contribution in [0.15, 0.2) is 48.6 Å². The number of nitrogens with zero attached hydrogens (tertiary/aromatic N) is 3. The van der Waals surface area contributed by atoms with E-state index in [0.29, 0.717) is 44.0 Å². The number of thioether (sulfide) groups is 1. The van der Waals surface area contributed by atoms with Gasteiger partial charge in [-0.3, -0.25) is 14.4 Å². The van der Waals surface area contributed by atoms with Crippen LogP contribution in [0, 0.1) is 11.8 Å². The van der Waals surface area contributed by atoms with E-state index < -0.39 is 22.6 Å². The first kappa shape index (κ1) is 25.4. The van der Waals surface area contributed by atoms with Gasteiger partial charge in [-0.2, -0.15) is 0 Å². The lowest BCUT2D eigenvalue weighted by atomic mass is 9.78. The zero-order chi connectivity index (χ0) is 25.4. The van der Waals surface area contributed by atoms with Crippen molar-refractivity contribution in [1.29, 1.82) is 0 Å². The number of carbonyl (C=O) groups excluding carboxylic acids is 3. The molecule has 1 spiro atoms. The number of halogens is 1. The maximum atomic E-state index is 14.2. The first-order valence-corrected chi connectivity index (χ1v) is 14.0. The second-order valence-electron chi connectivity index (χ2n) is 9.84. The second kappa shape index (κ2) is 10.2. The van der Waals surface area contributed by atoms with Gasteiger partial charge in [-0.15, -0.1) is 11.8 Å². The summed E-state index contributed by atoms with van der Waals surface area (Å²) < 4.78 is -0.820. The van der Waals surface area contributed by atoms with Crippen LogP contribution in [0.4, 0.5) is 5.69 Å². The molecule has 7 nitrogen and oxygen atoms in total. The Hall–Kier alpha value is -2.29. The number of carbonyl (C=O) groups is 3. The largest absolute Gasteiger partial charge is 0.396 e. The molecule has 9 heteroatoms. The topological polar surface area (TPSA) is 81.2 Å². The molecule has 1 aromatic rings. The molecule has 5 atom stereocenters. The molecule has 0 bridgehead atoms. The fraction of sp³-hybridized carbons (Fsp3) is 0.519. The highest BCUT2D eigenvalue weighted by Gasteiger charge is 2.70. The molecule has 4 heterocycles. The first-order chi connectivity index (χ1) is 17.4. The van der Waals surface area contributed by atoms with Gasteiger partial charge in [0.25, 0.3) is 5.91 Å². The minimum absolute atomic E-state index is 0.00480. The van der Waals surface area contributed by atoms with E-state index in [4.69, 9.17) is 11.6 Å². The van der Waals surface area contributed by atoms with Gasteiger partial charge in [0.2, 0.25) is 11.8 Å². The molecule has 0 radical (unpaired) electrons. The van der Waals surface area contributed by atoms with Crippen LogP contribution >= 0.6 is 23.4 Å². The van der Waals surface area contributed by atoms with Crippen LogP contribution in [0.5, 0.6) is 0 Å². The van der Waals surface area contributed by atoms with Gasteiger partial charge in [-0.25, -0.2) is 0 Å². The molecule has 0 aromatic heterocycles. The summed E-state index contributed by atoms with van der Waals surface area (Å²) in [5.74, 6) is -1.38. The summed E-state index contributed by atoms with van der Waals surface area (Å²) >= 11 is 7.68. The minimum Gasteiger partial charge on any atom is -0.396 e. The smallest absolute Gasteiger partial charge is 0.251 e. The lowest BCUT2D eigenvalue weighted by molar-refractivity contribution is -0.142. The number of aliphatic hydroxyl groups excluding tert-OH is 1. The fourth-order valence-corrected chi connectivity index (χ4v) is 8.28. The van der Waals surface area contributed by atoms with Gasteiger partial charge in [-0.1, -0.05) is 42.8 Å². The molecule has 4 aliphatic rings. The van der Waals surface area contributed by atoms with Gasteiger partial charge in [0.05, 0.1) is 16.6 Å². The Morgan fingerprint density at radius 2 is 1.81 bits per heavy atom. The van der Waals surface area contributed by atoms with E-state index in [0.717, 1.165) is 12.1 Å². The first-order valence-electron chi connectivity index (χ1n) is 12.7. The van der Waals surface area contributed by atoms with E-state index in [1.54, 1.807) is 33.7 Å². The zero-order valence-electron chi connectivity index (χ0n) is 20.4. The van der Waals surface area contributed by atoms with Gasteiger partial charge in [0, 0.05) is 48.7 Å².